The Morgan fingerprint density at radius 3 is 1.62 bits per heavy atom. The fourth-order valence-corrected chi connectivity index (χ4v) is 11.8. The molecular formula is C75H119N15O16. The van der Waals surface area contributed by atoms with Crippen LogP contribution >= 0.6 is 0 Å². The molecule has 1 aliphatic heterocycles. The lowest BCUT2D eigenvalue weighted by Gasteiger charge is -2.35. The third-order valence-electron chi connectivity index (χ3n) is 19.2. The first kappa shape index (κ1) is 90.9. The van der Waals surface area contributed by atoms with Gasteiger partial charge in [-0.15, -0.1) is 0 Å². The zero-order valence-electron chi connectivity index (χ0n) is 63.5. The Balaban J connectivity index is 2.08. The second kappa shape index (κ2) is 45.9. The highest BCUT2D eigenvalue weighted by Crippen LogP contribution is 2.23. The number of carboxylic acid groups (broad SMARTS) is 1. The summed E-state index contributed by atoms with van der Waals surface area (Å²) in [6.45, 7) is 17.3. The van der Waals surface area contributed by atoms with E-state index in [1.54, 1.807) is 95.3 Å². The normalized spacial score (nSPS) is 21.6. The van der Waals surface area contributed by atoms with Gasteiger partial charge in [0.1, 0.15) is 71.5 Å². The van der Waals surface area contributed by atoms with Crippen LogP contribution in [0.2, 0.25) is 0 Å². The molecule has 0 aliphatic carbocycles. The molecule has 0 saturated carbocycles. The zero-order valence-corrected chi connectivity index (χ0v) is 63.5. The van der Waals surface area contributed by atoms with Crippen LogP contribution in [0.4, 0.5) is 0 Å². The number of carboxylic acids is 1. The van der Waals surface area contributed by atoms with E-state index in [9.17, 15) is 67.7 Å². The predicted molar refractivity (Wildman–Crippen MR) is 398 cm³/mol. The van der Waals surface area contributed by atoms with Crippen molar-refractivity contribution in [1.82, 2.24) is 63.8 Å². The maximum atomic E-state index is 15.1. The number of hydrogen-bond acceptors (Lipinski definition) is 17. The lowest BCUT2D eigenvalue weighted by atomic mass is 9.90. The summed E-state index contributed by atoms with van der Waals surface area (Å²) in [5.41, 5.74) is 14.8. The number of benzene rings is 2. The van der Waals surface area contributed by atoms with Crippen molar-refractivity contribution in [2.24, 2.45) is 40.9 Å². The van der Waals surface area contributed by atoms with E-state index in [-0.39, 0.29) is 76.8 Å². The third kappa shape index (κ3) is 30.2. The maximum Gasteiger partial charge on any atom is 0.303 e. The molecule has 0 saturated heterocycles. The van der Waals surface area contributed by atoms with E-state index in [0.717, 1.165) is 0 Å². The van der Waals surface area contributed by atoms with Crippen molar-refractivity contribution in [3.05, 3.63) is 83.9 Å². The quantitative estimate of drug-likeness (QED) is 0.0326. The molecule has 0 aromatic heterocycles. The molecule has 0 spiro atoms. The Morgan fingerprint density at radius 2 is 1.09 bits per heavy atom. The fourth-order valence-electron chi connectivity index (χ4n) is 11.8. The van der Waals surface area contributed by atoms with Gasteiger partial charge in [0.15, 0.2) is 0 Å². The lowest BCUT2D eigenvalue weighted by Crippen LogP contribution is -2.66. The molecule has 0 bridgehead atoms. The van der Waals surface area contributed by atoms with Gasteiger partial charge in [0, 0.05) is 19.3 Å². The summed E-state index contributed by atoms with van der Waals surface area (Å²) < 4.78 is 0. The number of unbranched alkanes of at least 4 members (excludes halogenated alkanes) is 1. The number of aliphatic hydroxyl groups is 1. The average molecular weight is 1490 g/mol. The van der Waals surface area contributed by atoms with Crippen LogP contribution in [-0.2, 0) is 80.0 Å². The topological polar surface area (TPSA) is 502 Å². The molecule has 20 N–H and O–H groups in total. The monoisotopic (exact) mass is 1490 g/mol. The number of nitrogens with one attached hydrogen (secondary N) is 12. The molecule has 31 nitrogen and oxygen atoms in total. The summed E-state index contributed by atoms with van der Waals surface area (Å²) in [5, 5.41) is 52.2. The smallest absolute Gasteiger partial charge is 0.303 e. The number of hydrogen-bond donors (Lipinski definition) is 17. The Labute approximate surface area is 622 Å². The number of aliphatic carboxylic acids is 1. The largest absolute Gasteiger partial charge is 0.481 e. The van der Waals surface area contributed by atoms with Crippen LogP contribution in [0.15, 0.2) is 72.8 Å². The van der Waals surface area contributed by atoms with Gasteiger partial charge in [-0.1, -0.05) is 147 Å². The minimum absolute atomic E-state index is 0.00347. The highest BCUT2D eigenvalue weighted by Gasteiger charge is 2.44. The molecule has 590 valence electrons. The Morgan fingerprint density at radius 1 is 0.575 bits per heavy atom. The molecule has 2 aromatic rings. The Hall–Kier alpha value is -9.36. The zero-order chi connectivity index (χ0) is 79.4. The number of allylic oxidation sites excluding steroid dienone is 2. The molecule has 1 heterocycles. The average Bonchev–Trinajstić information content (AvgIpc) is 0.838. The highest BCUT2D eigenvalue weighted by atomic mass is 16.4. The maximum absolute atomic E-state index is 15.1. The van der Waals surface area contributed by atoms with E-state index in [1.165, 1.54) is 20.8 Å². The molecule has 0 unspecified atom stereocenters. The second-order valence-electron chi connectivity index (χ2n) is 28.6. The molecule has 3 rings (SSSR count). The number of primary amides is 1. The van der Waals surface area contributed by atoms with Crippen LogP contribution in [0.1, 0.15) is 184 Å². The van der Waals surface area contributed by atoms with Gasteiger partial charge in [-0.25, -0.2) is 0 Å². The lowest BCUT2D eigenvalue weighted by molar-refractivity contribution is -0.140. The van der Waals surface area contributed by atoms with Crippen molar-refractivity contribution in [1.29, 1.82) is 0 Å². The van der Waals surface area contributed by atoms with Gasteiger partial charge in [-0.2, -0.15) is 0 Å². The standard InChI is InChI=1S/C75H119N15O16/c1-12-45(6)59-70(103)82-51(33-25-28-38-76)67(100)89-74(10,72(105)87-60(46(7)13-2)69(102)79-48(9)63(96)81-52(34-35-58(93)94)64(97)85-56(43-91)66(99)83-53(62(78)95)40-49-29-21-19-22-30-49)36-26-17-15-16-18-27-37-75(11,73(106)88-61(47(8)14-3)71(104)86-59)90-68(101)55(41-50-31-23-20-24-32-50)84-65(98)54(39-44(4)5)80-57(92)42-77/h15-16,19-24,29-32,44-48,51-56,59-61,91H,12-14,17-18,25-28,33-43,76-77H2,1-11H3,(H2,78,95)(H,79,102)(H,80,92)(H,81,96)(H,82,103)(H,83,99)(H,84,98)(H,85,97)(H,86,104)(H,87,105)(H,88,106)(H,89,100)(H,90,101)(H,93,94)/b16-15-/t45-,46-,47-,48-,51-,52-,53-,54-,55-,56-,59-,60-,61-,74-,75-/m0/s1. The molecule has 0 fully saturated rings. The van der Waals surface area contributed by atoms with Crippen LogP contribution in [-0.4, -0.2) is 184 Å². The fraction of sp³-hybridized carbons (Fsp3) is 0.627. The number of amides is 13. The molecule has 106 heavy (non-hydrogen) atoms. The second-order valence-corrected chi connectivity index (χ2v) is 28.6. The first-order valence-electron chi connectivity index (χ1n) is 37.0. The van der Waals surface area contributed by atoms with E-state index < -0.39 is 191 Å². The molecule has 2 aromatic carbocycles. The van der Waals surface area contributed by atoms with Crippen LogP contribution in [0.25, 0.3) is 0 Å². The molecule has 13 amide bonds. The Bertz CT molecular complexity index is 3290. The van der Waals surface area contributed by atoms with Crippen molar-refractivity contribution < 1.29 is 77.3 Å². The van der Waals surface area contributed by atoms with Gasteiger partial charge in [0.05, 0.1) is 13.2 Å². The van der Waals surface area contributed by atoms with Crippen molar-refractivity contribution >= 4 is 82.8 Å². The van der Waals surface area contributed by atoms with Gasteiger partial charge in [-0.05, 0) is 133 Å². The number of rotatable bonds is 37. The summed E-state index contributed by atoms with van der Waals surface area (Å²) in [4.78, 5) is 196. The number of carbonyl (C=O) groups excluding carboxylic acids is 13. The minimum Gasteiger partial charge on any atom is -0.481 e. The van der Waals surface area contributed by atoms with E-state index in [0.29, 0.717) is 49.7 Å². The Kier molecular flexibility index (Phi) is 39.3. The van der Waals surface area contributed by atoms with Gasteiger partial charge < -0.3 is 91.2 Å². The third-order valence-corrected chi connectivity index (χ3v) is 19.2. The van der Waals surface area contributed by atoms with Crippen LogP contribution < -0.4 is 81.0 Å². The first-order chi connectivity index (χ1) is 50.1. The van der Waals surface area contributed by atoms with Gasteiger partial charge in [0.25, 0.3) is 0 Å². The molecule has 1 aliphatic rings. The highest BCUT2D eigenvalue weighted by molar-refractivity contribution is 6.01. The van der Waals surface area contributed by atoms with E-state index >= 15 is 9.59 Å². The minimum atomic E-state index is -1.84. The predicted octanol–water partition coefficient (Wildman–Crippen LogP) is 0.614. The summed E-state index contributed by atoms with van der Waals surface area (Å²) in [6, 6.07) is 3.62. The molecule has 31 heteroatoms. The summed E-state index contributed by atoms with van der Waals surface area (Å²) >= 11 is 0. The number of aliphatic hydroxyl groups excluding tert-OH is 1. The summed E-state index contributed by atoms with van der Waals surface area (Å²) in [5.74, 6) is -13.9. The van der Waals surface area contributed by atoms with Gasteiger partial charge in [0.2, 0.25) is 76.8 Å². The SMILES string of the molecule is CC[C@H](C)[C@@H]1NC(=O)[C@H]([C@@H](C)CC)NC(=O)[C@@](C)(NC(=O)[C@H](Cc2ccccc2)NC(=O)[C@H](CC(C)C)NC(=O)CN)CCC/C=C\CCC[C@@](C)(C(=O)N[C@H](C(=O)N[C@@H](C)C(=O)N[C@@H](CCC(=O)O)C(=O)N[C@@H](CO)C(=O)N[C@@H](Cc2ccccc2)C(N)=O)[C@@H](C)CC)NC(=O)[C@H](CCCCN)NC1=O. The summed E-state index contributed by atoms with van der Waals surface area (Å²) in [6.07, 6.45) is 5.55. The van der Waals surface area contributed by atoms with Crippen LogP contribution in [0.5, 0.6) is 0 Å². The molecule has 15 atom stereocenters. The number of nitrogens with two attached hydrogens (primary N) is 3. The van der Waals surface area contributed by atoms with E-state index in [4.69, 9.17) is 17.2 Å². The van der Waals surface area contributed by atoms with Crippen molar-refractivity contribution in [2.75, 3.05) is 19.7 Å². The molecule has 0 radical (unpaired) electrons. The van der Waals surface area contributed by atoms with E-state index in [1.807, 2.05) is 32.9 Å². The van der Waals surface area contributed by atoms with Crippen LogP contribution in [0, 0.1) is 23.7 Å². The van der Waals surface area contributed by atoms with Gasteiger partial charge >= 0.3 is 5.97 Å². The van der Waals surface area contributed by atoms with Crippen molar-refractivity contribution in [3.63, 3.8) is 0 Å². The van der Waals surface area contributed by atoms with Crippen LogP contribution in [0.3, 0.4) is 0 Å². The summed E-state index contributed by atoms with van der Waals surface area (Å²) in [7, 11) is 0. The first-order valence-corrected chi connectivity index (χ1v) is 37.0. The van der Waals surface area contributed by atoms with Gasteiger partial charge in [-0.3, -0.25) is 67.1 Å². The van der Waals surface area contributed by atoms with E-state index in [2.05, 4.69) is 63.8 Å². The van der Waals surface area contributed by atoms with Crippen molar-refractivity contribution in [3.8, 4) is 0 Å². The van der Waals surface area contributed by atoms with Crippen molar-refractivity contribution in [2.45, 2.75) is 257 Å². The number of carbonyl (C=O) groups is 14. The molecular weight excluding hydrogens is 1370 g/mol.